The Bertz CT molecular complexity index is 530. The second kappa shape index (κ2) is 4.95. The summed E-state index contributed by atoms with van der Waals surface area (Å²) in [6, 6.07) is 3.57. The highest BCUT2D eigenvalue weighted by atomic mass is 32.1. The van der Waals surface area contributed by atoms with Gasteiger partial charge in [0, 0.05) is 10.3 Å². The van der Waals surface area contributed by atoms with E-state index in [1.54, 1.807) is 18.3 Å². The number of nitrogens with two attached hydrogens (primary N) is 1. The van der Waals surface area contributed by atoms with E-state index in [2.05, 4.69) is 23.3 Å². The molecule has 17 heavy (non-hydrogen) atoms. The second-order valence-electron chi connectivity index (χ2n) is 3.73. The van der Waals surface area contributed by atoms with Crippen LogP contribution in [0, 0.1) is 6.92 Å². The summed E-state index contributed by atoms with van der Waals surface area (Å²) in [5.41, 5.74) is 6.37. The van der Waals surface area contributed by atoms with Crippen LogP contribution < -0.4 is 11.1 Å². The monoisotopic (exact) mass is 267 g/mol. The molecule has 2 rings (SSSR count). The van der Waals surface area contributed by atoms with Crippen LogP contribution in [-0.2, 0) is 4.79 Å². The molecule has 0 aliphatic carbocycles. The average molecular weight is 267 g/mol. The van der Waals surface area contributed by atoms with Gasteiger partial charge in [-0.1, -0.05) is 0 Å². The third-order valence-electron chi connectivity index (χ3n) is 2.14. The third-order valence-corrected chi connectivity index (χ3v) is 3.92. The summed E-state index contributed by atoms with van der Waals surface area (Å²) >= 11 is 3.09. The Morgan fingerprint density at radius 2 is 2.29 bits per heavy atom. The zero-order chi connectivity index (χ0) is 12.4. The van der Waals surface area contributed by atoms with Crippen molar-refractivity contribution >= 4 is 33.7 Å². The molecular weight excluding hydrogens is 254 g/mol. The molecule has 6 heteroatoms. The van der Waals surface area contributed by atoms with Gasteiger partial charge < -0.3 is 11.1 Å². The number of hydrogen-bond acceptors (Lipinski definition) is 5. The molecule has 2 aromatic rings. The highest BCUT2D eigenvalue weighted by Crippen LogP contribution is 2.30. The number of hydrogen-bond donors (Lipinski definition) is 2. The Morgan fingerprint density at radius 3 is 2.88 bits per heavy atom. The average Bonchev–Trinajstić information content (AvgIpc) is 2.86. The lowest BCUT2D eigenvalue weighted by Gasteiger charge is -2.03. The van der Waals surface area contributed by atoms with E-state index in [4.69, 9.17) is 5.73 Å². The lowest BCUT2D eigenvalue weighted by molar-refractivity contribution is -0.117. The van der Waals surface area contributed by atoms with Crippen LogP contribution in [0.3, 0.4) is 0 Å². The van der Waals surface area contributed by atoms with Gasteiger partial charge in [0.2, 0.25) is 5.91 Å². The standard InChI is InChI=1S/C11H13N3OS2/c1-6-3-4-9(17-6)8-5-16-11(13-8)14-10(15)7(2)12/h3-5,7H,12H2,1-2H3,(H,13,14,15)/t7-/m0/s1. The summed E-state index contributed by atoms with van der Waals surface area (Å²) in [4.78, 5) is 18.1. The number of carbonyl (C=O) groups excluding carboxylic acids is 1. The number of amides is 1. The van der Waals surface area contributed by atoms with E-state index in [9.17, 15) is 4.79 Å². The van der Waals surface area contributed by atoms with Crippen LogP contribution in [-0.4, -0.2) is 16.9 Å². The van der Waals surface area contributed by atoms with Crippen molar-refractivity contribution in [1.29, 1.82) is 0 Å². The molecule has 0 aliphatic rings. The van der Waals surface area contributed by atoms with E-state index in [1.807, 2.05) is 11.4 Å². The third kappa shape index (κ3) is 2.91. The van der Waals surface area contributed by atoms with Crippen molar-refractivity contribution in [2.45, 2.75) is 19.9 Å². The van der Waals surface area contributed by atoms with Crippen LogP contribution in [0.5, 0.6) is 0 Å². The molecule has 0 aliphatic heterocycles. The van der Waals surface area contributed by atoms with Crippen molar-refractivity contribution in [1.82, 2.24) is 4.98 Å². The predicted molar refractivity (Wildman–Crippen MR) is 72.4 cm³/mol. The van der Waals surface area contributed by atoms with Crippen LogP contribution in [0.2, 0.25) is 0 Å². The van der Waals surface area contributed by atoms with E-state index >= 15 is 0 Å². The summed E-state index contributed by atoms with van der Waals surface area (Å²) in [5, 5.41) is 5.21. The maximum absolute atomic E-state index is 11.4. The molecule has 2 aromatic heterocycles. The van der Waals surface area contributed by atoms with Gasteiger partial charge in [-0.15, -0.1) is 22.7 Å². The van der Waals surface area contributed by atoms with Crippen LogP contribution >= 0.6 is 22.7 Å². The molecule has 0 spiro atoms. The number of aryl methyl sites for hydroxylation is 1. The van der Waals surface area contributed by atoms with Gasteiger partial charge in [-0.2, -0.15) is 0 Å². The van der Waals surface area contributed by atoms with Crippen molar-refractivity contribution in [3.63, 3.8) is 0 Å². The van der Waals surface area contributed by atoms with Gasteiger partial charge in [0.05, 0.1) is 16.6 Å². The SMILES string of the molecule is Cc1ccc(-c2csc(NC(=O)[C@H](C)N)n2)s1. The van der Waals surface area contributed by atoms with E-state index in [0.717, 1.165) is 10.6 Å². The van der Waals surface area contributed by atoms with Crippen LogP contribution in [0.25, 0.3) is 10.6 Å². The first-order valence-electron chi connectivity index (χ1n) is 5.15. The fraction of sp³-hybridized carbons (Fsp3) is 0.273. The number of nitrogens with zero attached hydrogens (tertiary/aromatic N) is 1. The van der Waals surface area contributed by atoms with Gasteiger partial charge in [-0.3, -0.25) is 4.79 Å². The molecule has 0 bridgehead atoms. The van der Waals surface area contributed by atoms with E-state index in [-0.39, 0.29) is 5.91 Å². The Balaban J connectivity index is 2.14. The number of carbonyl (C=O) groups is 1. The first-order chi connectivity index (χ1) is 8.06. The van der Waals surface area contributed by atoms with E-state index in [1.165, 1.54) is 16.2 Å². The van der Waals surface area contributed by atoms with Crippen molar-refractivity contribution in [3.8, 4) is 10.6 Å². The Morgan fingerprint density at radius 1 is 1.53 bits per heavy atom. The van der Waals surface area contributed by atoms with Crippen molar-refractivity contribution in [3.05, 3.63) is 22.4 Å². The minimum atomic E-state index is -0.522. The lowest BCUT2D eigenvalue weighted by Crippen LogP contribution is -2.32. The lowest BCUT2D eigenvalue weighted by atomic mass is 10.3. The zero-order valence-electron chi connectivity index (χ0n) is 9.56. The topological polar surface area (TPSA) is 68.0 Å². The normalized spacial score (nSPS) is 12.4. The molecule has 0 radical (unpaired) electrons. The molecular formula is C11H13N3OS2. The van der Waals surface area contributed by atoms with Gasteiger partial charge in [0.15, 0.2) is 5.13 Å². The highest BCUT2D eigenvalue weighted by Gasteiger charge is 2.11. The minimum absolute atomic E-state index is 0.215. The molecule has 0 aromatic carbocycles. The molecule has 2 heterocycles. The molecule has 90 valence electrons. The maximum Gasteiger partial charge on any atom is 0.242 e. The smallest absolute Gasteiger partial charge is 0.242 e. The Kier molecular flexibility index (Phi) is 3.56. The summed E-state index contributed by atoms with van der Waals surface area (Å²) in [6.45, 7) is 3.70. The van der Waals surface area contributed by atoms with Gasteiger partial charge in [0.25, 0.3) is 0 Å². The van der Waals surface area contributed by atoms with Crippen LogP contribution in [0.4, 0.5) is 5.13 Å². The second-order valence-corrected chi connectivity index (χ2v) is 5.87. The molecule has 0 saturated heterocycles. The zero-order valence-corrected chi connectivity index (χ0v) is 11.2. The Labute approximate surface area is 107 Å². The summed E-state index contributed by atoms with van der Waals surface area (Å²) in [5.74, 6) is -0.215. The van der Waals surface area contributed by atoms with Crippen LogP contribution in [0.15, 0.2) is 17.5 Å². The first kappa shape index (κ1) is 12.2. The quantitative estimate of drug-likeness (QED) is 0.897. The van der Waals surface area contributed by atoms with Gasteiger partial charge in [-0.05, 0) is 26.0 Å². The number of anilines is 1. The molecule has 0 saturated carbocycles. The van der Waals surface area contributed by atoms with Gasteiger partial charge in [-0.25, -0.2) is 4.98 Å². The van der Waals surface area contributed by atoms with Crippen molar-refractivity contribution < 1.29 is 4.79 Å². The number of thiazole rings is 1. The molecule has 1 atom stereocenters. The molecule has 4 nitrogen and oxygen atoms in total. The molecule has 0 fully saturated rings. The van der Waals surface area contributed by atoms with E-state index in [0.29, 0.717) is 5.13 Å². The highest BCUT2D eigenvalue weighted by molar-refractivity contribution is 7.17. The Hall–Kier alpha value is -1.24. The summed E-state index contributed by atoms with van der Waals surface area (Å²) in [6.07, 6.45) is 0. The summed E-state index contributed by atoms with van der Waals surface area (Å²) in [7, 11) is 0. The largest absolute Gasteiger partial charge is 0.320 e. The fourth-order valence-electron chi connectivity index (χ4n) is 1.24. The van der Waals surface area contributed by atoms with E-state index < -0.39 is 6.04 Å². The number of aromatic nitrogens is 1. The van der Waals surface area contributed by atoms with Crippen molar-refractivity contribution in [2.75, 3.05) is 5.32 Å². The van der Waals surface area contributed by atoms with Gasteiger partial charge in [0.1, 0.15) is 0 Å². The number of thiophene rings is 1. The minimum Gasteiger partial charge on any atom is -0.320 e. The van der Waals surface area contributed by atoms with Crippen molar-refractivity contribution in [2.24, 2.45) is 5.73 Å². The first-order valence-corrected chi connectivity index (χ1v) is 6.84. The fourth-order valence-corrected chi connectivity index (χ4v) is 2.85. The summed E-state index contributed by atoms with van der Waals surface area (Å²) < 4.78 is 0. The number of rotatable bonds is 3. The molecule has 1 amide bonds. The molecule has 3 N–H and O–H groups in total. The van der Waals surface area contributed by atoms with Crippen LogP contribution in [0.1, 0.15) is 11.8 Å². The number of nitrogens with one attached hydrogen (secondary N) is 1. The predicted octanol–water partition coefficient (Wildman–Crippen LogP) is 2.47. The maximum atomic E-state index is 11.4. The molecule has 0 unspecified atom stereocenters. The van der Waals surface area contributed by atoms with Gasteiger partial charge >= 0.3 is 0 Å².